The number of terminal acetylenes is 1. The normalized spacial score (nSPS) is 18.9. The number of benzene rings is 1. The van der Waals surface area contributed by atoms with E-state index in [-0.39, 0.29) is 23.4 Å². The lowest BCUT2D eigenvalue weighted by Crippen LogP contribution is -2.45. The van der Waals surface area contributed by atoms with E-state index in [1.54, 1.807) is 36.2 Å². The molecule has 1 aliphatic heterocycles. The zero-order chi connectivity index (χ0) is 19.6. The average Bonchev–Trinajstić information content (AvgIpc) is 2.88. The van der Waals surface area contributed by atoms with Crippen molar-refractivity contribution < 1.29 is 13.2 Å². The lowest BCUT2D eigenvalue weighted by molar-refractivity contribution is -0.129. The fraction of sp³-hybridized carbons (Fsp3) is 0.368. The van der Waals surface area contributed by atoms with Crippen molar-refractivity contribution in [3.63, 3.8) is 0 Å². The van der Waals surface area contributed by atoms with E-state index in [0.29, 0.717) is 42.4 Å². The number of hydrogen-bond donors (Lipinski definition) is 1. The second-order valence-corrected chi connectivity index (χ2v) is 8.41. The number of fused-ring (bicyclic) bond motifs is 1. The number of nitrogens with two attached hydrogens (primary N) is 1. The molecule has 1 fully saturated rings. The Morgan fingerprint density at radius 3 is 2.85 bits per heavy atom. The highest BCUT2D eigenvalue weighted by Gasteiger charge is 2.34. The summed E-state index contributed by atoms with van der Waals surface area (Å²) >= 11 is 0. The first kappa shape index (κ1) is 19.3. The van der Waals surface area contributed by atoms with Gasteiger partial charge in [0.2, 0.25) is 15.9 Å². The molecule has 0 aliphatic carbocycles. The Morgan fingerprint density at radius 2 is 2.15 bits per heavy atom. The summed E-state index contributed by atoms with van der Waals surface area (Å²) in [4.78, 5) is 17.8. The van der Waals surface area contributed by atoms with Crippen LogP contribution in [-0.4, -0.2) is 60.7 Å². The zero-order valence-electron chi connectivity index (χ0n) is 15.1. The Morgan fingerprint density at radius 1 is 1.37 bits per heavy atom. The summed E-state index contributed by atoms with van der Waals surface area (Å²) in [5.74, 6) is 2.35. The van der Waals surface area contributed by atoms with Crippen molar-refractivity contribution in [2.24, 2.45) is 5.73 Å². The van der Waals surface area contributed by atoms with E-state index >= 15 is 0 Å². The summed E-state index contributed by atoms with van der Waals surface area (Å²) in [6.07, 6.45) is 9.21. The number of rotatable bonds is 3. The van der Waals surface area contributed by atoms with Gasteiger partial charge in [0, 0.05) is 48.8 Å². The van der Waals surface area contributed by atoms with Crippen LogP contribution in [-0.2, 0) is 14.8 Å². The maximum absolute atomic E-state index is 13.5. The molecule has 7 nitrogen and oxygen atoms in total. The Hall–Kier alpha value is -2.47. The molecule has 2 heterocycles. The summed E-state index contributed by atoms with van der Waals surface area (Å²) in [5.41, 5.74) is 5.90. The molecule has 1 amide bonds. The monoisotopic (exact) mass is 386 g/mol. The fourth-order valence-electron chi connectivity index (χ4n) is 3.50. The third-order valence-electron chi connectivity index (χ3n) is 4.80. The smallest absolute Gasteiger partial charge is 0.244 e. The number of carbonyl (C=O) groups excluding carboxylic acids is 1. The van der Waals surface area contributed by atoms with Gasteiger partial charge < -0.3 is 10.6 Å². The van der Waals surface area contributed by atoms with E-state index in [2.05, 4.69) is 10.9 Å². The van der Waals surface area contributed by atoms with Crippen molar-refractivity contribution in [3.05, 3.63) is 36.2 Å². The quantitative estimate of drug-likeness (QED) is 0.787. The molecule has 8 heteroatoms. The van der Waals surface area contributed by atoms with E-state index in [0.717, 1.165) is 0 Å². The van der Waals surface area contributed by atoms with Crippen LogP contribution in [0, 0.1) is 12.3 Å². The van der Waals surface area contributed by atoms with E-state index < -0.39 is 10.0 Å². The molecular weight excluding hydrogens is 364 g/mol. The molecule has 1 aromatic carbocycles. The predicted molar refractivity (Wildman–Crippen MR) is 103 cm³/mol. The first-order valence-corrected chi connectivity index (χ1v) is 10.2. The molecule has 0 saturated carbocycles. The van der Waals surface area contributed by atoms with Crippen molar-refractivity contribution in [2.75, 3.05) is 26.2 Å². The van der Waals surface area contributed by atoms with E-state index in [1.807, 2.05) is 0 Å². The highest BCUT2D eigenvalue weighted by molar-refractivity contribution is 7.89. The van der Waals surface area contributed by atoms with Crippen LogP contribution in [0.1, 0.15) is 18.9 Å². The third kappa shape index (κ3) is 3.54. The number of amides is 1. The molecule has 1 saturated heterocycles. The zero-order valence-corrected chi connectivity index (χ0v) is 15.9. The molecule has 0 unspecified atom stereocenters. The number of sulfonamides is 1. The van der Waals surface area contributed by atoms with Gasteiger partial charge in [0.1, 0.15) is 0 Å². The van der Waals surface area contributed by atoms with E-state index in [1.165, 1.54) is 10.5 Å². The van der Waals surface area contributed by atoms with Crippen LogP contribution in [0.4, 0.5) is 0 Å². The molecule has 2 N–H and O–H groups in total. The van der Waals surface area contributed by atoms with Crippen molar-refractivity contribution in [3.8, 4) is 12.3 Å². The van der Waals surface area contributed by atoms with Crippen LogP contribution < -0.4 is 5.73 Å². The number of carbonyl (C=O) groups is 1. The van der Waals surface area contributed by atoms with Gasteiger partial charge in [-0.15, -0.1) is 6.42 Å². The molecule has 1 aliphatic rings. The molecule has 1 aromatic heterocycles. The van der Waals surface area contributed by atoms with Crippen LogP contribution in [0.15, 0.2) is 35.5 Å². The third-order valence-corrected chi connectivity index (χ3v) is 6.85. The Kier molecular flexibility index (Phi) is 5.46. The molecule has 2 aromatic rings. The lowest BCUT2D eigenvalue weighted by Gasteiger charge is -2.28. The highest BCUT2D eigenvalue weighted by Crippen LogP contribution is 2.29. The Bertz CT molecular complexity index is 1010. The van der Waals surface area contributed by atoms with Gasteiger partial charge in [-0.3, -0.25) is 9.78 Å². The van der Waals surface area contributed by atoms with Crippen LogP contribution in [0.3, 0.4) is 0 Å². The maximum Gasteiger partial charge on any atom is 0.244 e. The number of hydrogen-bond acceptors (Lipinski definition) is 5. The van der Waals surface area contributed by atoms with Crippen LogP contribution >= 0.6 is 0 Å². The molecule has 3 rings (SSSR count). The minimum Gasteiger partial charge on any atom is -0.340 e. The first-order chi connectivity index (χ1) is 12.9. The van der Waals surface area contributed by atoms with Gasteiger partial charge in [-0.25, -0.2) is 8.42 Å². The molecule has 27 heavy (non-hydrogen) atoms. The minimum absolute atomic E-state index is 0.0820. The molecule has 0 spiro atoms. The highest BCUT2D eigenvalue weighted by atomic mass is 32.2. The van der Waals surface area contributed by atoms with Crippen LogP contribution in [0.5, 0.6) is 0 Å². The van der Waals surface area contributed by atoms with Gasteiger partial charge in [0.15, 0.2) is 0 Å². The van der Waals surface area contributed by atoms with Gasteiger partial charge in [-0.05, 0) is 19.4 Å². The second-order valence-electron chi connectivity index (χ2n) is 6.55. The van der Waals surface area contributed by atoms with Gasteiger partial charge in [0.05, 0.1) is 17.0 Å². The first-order valence-electron chi connectivity index (χ1n) is 8.73. The van der Waals surface area contributed by atoms with Crippen LogP contribution in [0.2, 0.25) is 0 Å². The van der Waals surface area contributed by atoms with Crippen molar-refractivity contribution in [1.82, 2.24) is 14.2 Å². The Balaban J connectivity index is 2.06. The molecule has 1 atom stereocenters. The SMILES string of the molecule is C#Cc1cncc2cccc(S(=O)(=O)N3CCCN(C(=O)CN)C[C@@H]3C)c12. The van der Waals surface area contributed by atoms with E-state index in [4.69, 9.17) is 12.2 Å². The fourth-order valence-corrected chi connectivity index (χ4v) is 5.40. The predicted octanol–water partition coefficient (Wildman–Crippen LogP) is 0.786. The average molecular weight is 386 g/mol. The van der Waals surface area contributed by atoms with Crippen molar-refractivity contribution >= 4 is 26.7 Å². The van der Waals surface area contributed by atoms with E-state index in [9.17, 15) is 13.2 Å². The van der Waals surface area contributed by atoms with Gasteiger partial charge >= 0.3 is 0 Å². The number of pyridine rings is 1. The van der Waals surface area contributed by atoms with Crippen molar-refractivity contribution in [2.45, 2.75) is 24.3 Å². The second kappa shape index (κ2) is 7.64. The van der Waals surface area contributed by atoms with Crippen LogP contribution in [0.25, 0.3) is 10.8 Å². The van der Waals surface area contributed by atoms with Gasteiger partial charge in [0.25, 0.3) is 0 Å². The molecular formula is C19H22N4O3S. The summed E-state index contributed by atoms with van der Waals surface area (Å²) in [6.45, 7) is 2.84. The van der Waals surface area contributed by atoms with Crippen molar-refractivity contribution in [1.29, 1.82) is 0 Å². The number of aromatic nitrogens is 1. The maximum atomic E-state index is 13.5. The standard InChI is InChI=1S/C19H22N4O3S/c1-3-15-11-21-12-16-6-4-7-17(19(15)16)27(25,26)23-9-5-8-22(13-14(23)2)18(24)10-20/h1,4,6-7,11-12,14H,5,8-10,13,20H2,2H3/t14-/m0/s1. The summed E-state index contributed by atoms with van der Waals surface area (Å²) < 4.78 is 28.4. The topological polar surface area (TPSA) is 96.6 Å². The van der Waals surface area contributed by atoms with Gasteiger partial charge in [-0.2, -0.15) is 4.31 Å². The molecule has 0 bridgehead atoms. The molecule has 0 radical (unpaired) electrons. The summed E-state index contributed by atoms with van der Waals surface area (Å²) in [5, 5.41) is 1.18. The lowest BCUT2D eigenvalue weighted by atomic mass is 10.1. The molecule has 142 valence electrons. The number of nitrogens with zero attached hydrogens (tertiary/aromatic N) is 3. The minimum atomic E-state index is -3.81. The summed E-state index contributed by atoms with van der Waals surface area (Å²) in [7, 11) is -3.81. The largest absolute Gasteiger partial charge is 0.340 e. The summed E-state index contributed by atoms with van der Waals surface area (Å²) in [6, 6.07) is 4.66. The Labute approximate surface area is 159 Å². The van der Waals surface area contributed by atoms with Gasteiger partial charge in [-0.1, -0.05) is 18.1 Å².